The van der Waals surface area contributed by atoms with Gasteiger partial charge in [-0.3, -0.25) is 14.5 Å². The number of hydrogen-bond donors (Lipinski definition) is 1. The van der Waals surface area contributed by atoms with E-state index in [1.807, 2.05) is 69.5 Å². The average molecular weight is 481 g/mol. The Morgan fingerprint density at radius 1 is 1.21 bits per heavy atom. The summed E-state index contributed by atoms with van der Waals surface area (Å²) < 4.78 is 5.44. The van der Waals surface area contributed by atoms with Crippen LogP contribution in [0.3, 0.4) is 0 Å². The molecule has 0 radical (unpaired) electrons. The Morgan fingerprint density at radius 3 is 2.59 bits per heavy atom. The number of rotatable bonds is 7. The summed E-state index contributed by atoms with van der Waals surface area (Å²) in [5, 5.41) is 6.13. The third kappa shape index (κ3) is 5.56. The number of carbonyl (C=O) groups is 2. The van der Waals surface area contributed by atoms with Gasteiger partial charge in [0, 0.05) is 48.2 Å². The molecule has 0 saturated carbocycles. The van der Waals surface area contributed by atoms with Crippen molar-refractivity contribution in [2.24, 2.45) is 5.92 Å². The number of hydrogen-bond acceptors (Lipinski definition) is 6. The van der Waals surface area contributed by atoms with Gasteiger partial charge in [0.15, 0.2) is 0 Å². The lowest BCUT2D eigenvalue weighted by Crippen LogP contribution is -2.64. The van der Waals surface area contributed by atoms with Crippen LogP contribution in [-0.4, -0.2) is 51.8 Å². The molecule has 3 heterocycles. The van der Waals surface area contributed by atoms with Crippen LogP contribution in [0.2, 0.25) is 0 Å². The number of carbonyl (C=O) groups excluding carboxylic acids is 2. The molecule has 2 aromatic heterocycles. The molecule has 3 aromatic rings. The predicted molar refractivity (Wildman–Crippen MR) is 133 cm³/mol. The summed E-state index contributed by atoms with van der Waals surface area (Å²) in [6.07, 6.45) is 1.65. The molecule has 180 valence electrons. The van der Waals surface area contributed by atoms with Crippen molar-refractivity contribution in [1.82, 2.24) is 20.1 Å². The Kier molecular flexibility index (Phi) is 7.48. The zero-order valence-electron chi connectivity index (χ0n) is 20.2. The van der Waals surface area contributed by atoms with Crippen LogP contribution < -0.4 is 5.32 Å². The molecule has 2 unspecified atom stereocenters. The van der Waals surface area contributed by atoms with Crippen LogP contribution >= 0.6 is 11.3 Å². The smallest absolute Gasteiger partial charge is 0.244 e. The maximum atomic E-state index is 13.4. The van der Waals surface area contributed by atoms with E-state index in [4.69, 9.17) is 4.42 Å². The van der Waals surface area contributed by atoms with Crippen molar-refractivity contribution < 1.29 is 14.0 Å². The number of aryl methyl sites for hydroxylation is 1. The normalized spacial score (nSPS) is 18.9. The maximum absolute atomic E-state index is 13.4. The molecular formula is C26H32N4O3S. The van der Waals surface area contributed by atoms with Gasteiger partial charge in [0.1, 0.15) is 16.8 Å². The van der Waals surface area contributed by atoms with Gasteiger partial charge in [-0.05, 0) is 31.5 Å². The summed E-state index contributed by atoms with van der Waals surface area (Å²) in [5.41, 5.74) is 2.99. The topological polar surface area (TPSA) is 78.7 Å². The van der Waals surface area contributed by atoms with Gasteiger partial charge in [-0.2, -0.15) is 0 Å². The van der Waals surface area contributed by atoms with E-state index in [2.05, 4.69) is 15.2 Å². The fourth-order valence-corrected chi connectivity index (χ4v) is 5.20. The molecule has 4 rings (SSSR count). The molecule has 1 aliphatic rings. The van der Waals surface area contributed by atoms with Crippen molar-refractivity contribution >= 4 is 23.2 Å². The van der Waals surface area contributed by atoms with Crippen LogP contribution in [0.15, 0.2) is 52.5 Å². The number of aromatic nitrogens is 1. The van der Waals surface area contributed by atoms with Gasteiger partial charge in [-0.15, -0.1) is 11.3 Å². The third-order valence-electron chi connectivity index (χ3n) is 6.07. The highest BCUT2D eigenvalue weighted by Gasteiger charge is 2.40. The Morgan fingerprint density at radius 2 is 1.97 bits per heavy atom. The molecule has 8 heteroatoms. The van der Waals surface area contributed by atoms with E-state index in [0.29, 0.717) is 19.6 Å². The fraction of sp³-hybridized carbons (Fsp3) is 0.423. The summed E-state index contributed by atoms with van der Waals surface area (Å²) in [5.74, 6) is 0.529. The Bertz CT molecular complexity index is 1110. The summed E-state index contributed by atoms with van der Waals surface area (Å²) in [7, 11) is 0. The first kappa shape index (κ1) is 24.2. The van der Waals surface area contributed by atoms with Gasteiger partial charge in [0.25, 0.3) is 0 Å². The van der Waals surface area contributed by atoms with Crippen LogP contribution in [0.5, 0.6) is 0 Å². The lowest BCUT2D eigenvalue weighted by Gasteiger charge is -2.45. The second-order valence-electron chi connectivity index (χ2n) is 9.23. The third-order valence-corrected chi connectivity index (χ3v) is 7.02. The number of nitrogens with one attached hydrogen (secondary N) is 1. The van der Waals surface area contributed by atoms with E-state index >= 15 is 0 Å². The highest BCUT2D eigenvalue weighted by Crippen LogP contribution is 2.23. The van der Waals surface area contributed by atoms with Gasteiger partial charge in [0.2, 0.25) is 11.8 Å². The van der Waals surface area contributed by atoms with E-state index < -0.39 is 6.04 Å². The van der Waals surface area contributed by atoms with Crippen molar-refractivity contribution in [2.45, 2.75) is 52.9 Å². The van der Waals surface area contributed by atoms with E-state index in [0.717, 1.165) is 34.1 Å². The standard InChI is InChI=1S/C26H32N4O3S/c1-17(2)26(32)30-19(4)13-29(15-24-28-18(3)16-34-24)14-22(30)25(31)27-12-20-7-9-21(10-8-20)23-6-5-11-33-23/h5-11,16-17,19,22H,12-15H2,1-4H3,(H,27,31). The van der Waals surface area contributed by atoms with E-state index in [1.165, 1.54) is 0 Å². The second-order valence-corrected chi connectivity index (χ2v) is 10.2. The predicted octanol–water partition coefficient (Wildman–Crippen LogP) is 4.09. The molecule has 2 amide bonds. The van der Waals surface area contributed by atoms with Crippen LogP contribution in [0.1, 0.15) is 37.0 Å². The number of piperazine rings is 1. The number of amides is 2. The van der Waals surface area contributed by atoms with Crippen molar-refractivity contribution in [3.63, 3.8) is 0 Å². The second kappa shape index (κ2) is 10.5. The summed E-state index contributed by atoms with van der Waals surface area (Å²) in [6, 6.07) is 11.1. The SMILES string of the molecule is Cc1csc(CN2CC(C)N(C(=O)C(C)C)C(C(=O)NCc3ccc(-c4ccco4)cc3)C2)n1. The summed E-state index contributed by atoms with van der Waals surface area (Å²) in [6.45, 7) is 10.1. The van der Waals surface area contributed by atoms with Gasteiger partial charge < -0.3 is 14.6 Å². The fourth-order valence-electron chi connectivity index (χ4n) is 4.39. The molecule has 7 nitrogen and oxygen atoms in total. The Labute approximate surface area is 204 Å². The zero-order chi connectivity index (χ0) is 24.2. The molecule has 34 heavy (non-hydrogen) atoms. The van der Waals surface area contributed by atoms with Crippen LogP contribution in [0, 0.1) is 12.8 Å². The Balaban J connectivity index is 1.45. The van der Waals surface area contributed by atoms with Gasteiger partial charge >= 0.3 is 0 Å². The minimum absolute atomic E-state index is 0.0141. The van der Waals surface area contributed by atoms with Crippen molar-refractivity contribution in [3.05, 3.63) is 64.3 Å². The quantitative estimate of drug-likeness (QED) is 0.551. The molecule has 0 aliphatic carbocycles. The highest BCUT2D eigenvalue weighted by atomic mass is 32.1. The maximum Gasteiger partial charge on any atom is 0.244 e. The van der Waals surface area contributed by atoms with Gasteiger partial charge in [-0.25, -0.2) is 4.98 Å². The van der Waals surface area contributed by atoms with Gasteiger partial charge in [-0.1, -0.05) is 38.1 Å². The first-order valence-electron chi connectivity index (χ1n) is 11.7. The van der Waals surface area contributed by atoms with Crippen LogP contribution in [0.4, 0.5) is 0 Å². The molecule has 1 saturated heterocycles. The van der Waals surface area contributed by atoms with Crippen LogP contribution in [-0.2, 0) is 22.7 Å². The minimum atomic E-state index is -0.540. The Hall–Kier alpha value is -2.97. The first-order chi connectivity index (χ1) is 16.3. The van der Waals surface area contributed by atoms with Crippen LogP contribution in [0.25, 0.3) is 11.3 Å². The molecule has 2 atom stereocenters. The van der Waals surface area contributed by atoms with Gasteiger partial charge in [0.05, 0.1) is 12.8 Å². The first-order valence-corrected chi connectivity index (χ1v) is 12.6. The largest absolute Gasteiger partial charge is 0.464 e. The zero-order valence-corrected chi connectivity index (χ0v) is 21.0. The molecule has 0 bridgehead atoms. The van der Waals surface area contributed by atoms with Crippen molar-refractivity contribution in [2.75, 3.05) is 13.1 Å². The molecule has 1 aromatic carbocycles. The number of furan rings is 1. The van der Waals surface area contributed by atoms with E-state index in [9.17, 15) is 9.59 Å². The number of benzene rings is 1. The molecule has 1 N–H and O–H groups in total. The highest BCUT2D eigenvalue weighted by molar-refractivity contribution is 7.09. The minimum Gasteiger partial charge on any atom is -0.464 e. The van der Waals surface area contributed by atoms with E-state index in [-0.39, 0.29) is 23.8 Å². The lowest BCUT2D eigenvalue weighted by molar-refractivity contribution is -0.150. The average Bonchev–Trinajstić information content (AvgIpc) is 3.49. The lowest BCUT2D eigenvalue weighted by atomic mass is 10.0. The monoisotopic (exact) mass is 480 g/mol. The van der Waals surface area contributed by atoms with Crippen molar-refractivity contribution in [1.29, 1.82) is 0 Å². The van der Waals surface area contributed by atoms with E-state index in [1.54, 1.807) is 22.5 Å². The summed E-state index contributed by atoms with van der Waals surface area (Å²) in [4.78, 5) is 35.0. The number of nitrogens with zero attached hydrogens (tertiary/aromatic N) is 3. The molecule has 1 fully saturated rings. The molecular weight excluding hydrogens is 448 g/mol. The summed E-state index contributed by atoms with van der Waals surface area (Å²) >= 11 is 1.63. The number of thiazole rings is 1. The molecule has 0 spiro atoms. The molecule has 1 aliphatic heterocycles. The van der Waals surface area contributed by atoms with Crippen molar-refractivity contribution in [3.8, 4) is 11.3 Å².